The summed E-state index contributed by atoms with van der Waals surface area (Å²) in [6.07, 6.45) is 3.07. The first-order valence-corrected chi connectivity index (χ1v) is 8.33. The summed E-state index contributed by atoms with van der Waals surface area (Å²) in [7, 11) is 4.13. The summed E-state index contributed by atoms with van der Waals surface area (Å²) >= 11 is 1.73. The van der Waals surface area contributed by atoms with E-state index in [2.05, 4.69) is 48.4 Å². The molecule has 3 rings (SSSR count). The molecule has 2 aromatic rings. The molecule has 1 amide bonds. The predicted molar refractivity (Wildman–Crippen MR) is 88.4 cm³/mol. The SMILES string of the molecule is CN(C)CCCN1C(=O)CSC1c1c[nH]c2ccccc12. The van der Waals surface area contributed by atoms with E-state index in [9.17, 15) is 4.79 Å². The molecule has 112 valence electrons. The molecule has 1 N–H and O–H groups in total. The number of amides is 1. The van der Waals surface area contributed by atoms with Gasteiger partial charge in [0.05, 0.1) is 5.75 Å². The zero-order chi connectivity index (χ0) is 14.8. The first kappa shape index (κ1) is 14.5. The Kier molecular flexibility index (Phi) is 4.22. The molecule has 1 aromatic heterocycles. The maximum atomic E-state index is 12.2. The van der Waals surface area contributed by atoms with E-state index in [0.29, 0.717) is 5.75 Å². The van der Waals surface area contributed by atoms with E-state index in [1.165, 1.54) is 10.9 Å². The molecule has 0 spiro atoms. The first-order valence-electron chi connectivity index (χ1n) is 7.28. The van der Waals surface area contributed by atoms with Gasteiger partial charge in [-0.2, -0.15) is 0 Å². The van der Waals surface area contributed by atoms with Gasteiger partial charge >= 0.3 is 0 Å². The zero-order valence-electron chi connectivity index (χ0n) is 12.5. The lowest BCUT2D eigenvalue weighted by molar-refractivity contribution is -0.128. The Morgan fingerprint density at radius 3 is 3.00 bits per heavy atom. The van der Waals surface area contributed by atoms with Crippen molar-refractivity contribution in [2.24, 2.45) is 0 Å². The van der Waals surface area contributed by atoms with Crippen molar-refractivity contribution < 1.29 is 4.79 Å². The molecule has 0 radical (unpaired) electrons. The van der Waals surface area contributed by atoms with Crippen LogP contribution in [0.4, 0.5) is 0 Å². The molecule has 1 unspecified atom stereocenters. The zero-order valence-corrected chi connectivity index (χ0v) is 13.3. The minimum atomic E-state index is 0.149. The minimum Gasteiger partial charge on any atom is -0.361 e. The second-order valence-electron chi connectivity index (χ2n) is 5.70. The lowest BCUT2D eigenvalue weighted by Crippen LogP contribution is -2.31. The Hall–Kier alpha value is -1.46. The van der Waals surface area contributed by atoms with Crippen molar-refractivity contribution in [2.75, 3.05) is 32.9 Å². The van der Waals surface area contributed by atoms with E-state index in [4.69, 9.17) is 0 Å². The number of nitrogens with zero attached hydrogens (tertiary/aromatic N) is 2. The van der Waals surface area contributed by atoms with Crippen LogP contribution in [0, 0.1) is 0 Å². The van der Waals surface area contributed by atoms with E-state index in [1.807, 2.05) is 11.0 Å². The van der Waals surface area contributed by atoms with Gasteiger partial charge in [-0.05, 0) is 33.1 Å². The number of rotatable bonds is 5. The number of aromatic nitrogens is 1. The molecule has 1 atom stereocenters. The van der Waals surface area contributed by atoms with Crippen LogP contribution in [-0.2, 0) is 4.79 Å². The highest BCUT2D eigenvalue weighted by atomic mass is 32.2. The summed E-state index contributed by atoms with van der Waals surface area (Å²) < 4.78 is 0. The van der Waals surface area contributed by atoms with Gasteiger partial charge in [0.2, 0.25) is 5.91 Å². The number of nitrogens with one attached hydrogen (secondary N) is 1. The molecule has 5 heteroatoms. The Morgan fingerprint density at radius 2 is 2.19 bits per heavy atom. The quantitative estimate of drug-likeness (QED) is 0.923. The Labute approximate surface area is 129 Å². The van der Waals surface area contributed by atoms with E-state index in [-0.39, 0.29) is 11.3 Å². The topological polar surface area (TPSA) is 39.3 Å². The maximum Gasteiger partial charge on any atom is 0.233 e. The van der Waals surface area contributed by atoms with Crippen LogP contribution in [0.25, 0.3) is 10.9 Å². The van der Waals surface area contributed by atoms with Crippen molar-refractivity contribution in [1.82, 2.24) is 14.8 Å². The van der Waals surface area contributed by atoms with Crippen molar-refractivity contribution in [3.8, 4) is 0 Å². The molecule has 21 heavy (non-hydrogen) atoms. The van der Waals surface area contributed by atoms with E-state index >= 15 is 0 Å². The molecule has 4 nitrogen and oxygen atoms in total. The van der Waals surface area contributed by atoms with Gasteiger partial charge in [0.25, 0.3) is 0 Å². The molecule has 1 saturated heterocycles. The van der Waals surface area contributed by atoms with Crippen molar-refractivity contribution in [1.29, 1.82) is 0 Å². The van der Waals surface area contributed by atoms with Crippen molar-refractivity contribution in [2.45, 2.75) is 11.8 Å². The lowest BCUT2D eigenvalue weighted by atomic mass is 10.1. The number of thioether (sulfide) groups is 1. The standard InChI is InChI=1S/C16H21N3OS/c1-18(2)8-5-9-19-15(20)11-21-16(19)13-10-17-14-7-4-3-6-12(13)14/h3-4,6-7,10,16-17H,5,8-9,11H2,1-2H3. The predicted octanol–water partition coefficient (Wildman–Crippen LogP) is 2.69. The van der Waals surface area contributed by atoms with Gasteiger partial charge in [-0.25, -0.2) is 0 Å². The van der Waals surface area contributed by atoms with Crippen LogP contribution >= 0.6 is 11.8 Å². The number of hydrogen-bond acceptors (Lipinski definition) is 3. The average Bonchev–Trinajstić information content (AvgIpc) is 3.03. The van der Waals surface area contributed by atoms with Crippen LogP contribution in [0.5, 0.6) is 0 Å². The molecule has 0 aliphatic carbocycles. The lowest BCUT2D eigenvalue weighted by Gasteiger charge is -2.24. The summed E-state index contributed by atoms with van der Waals surface area (Å²) in [6, 6.07) is 8.29. The molecule has 2 heterocycles. The number of fused-ring (bicyclic) bond motifs is 1. The van der Waals surface area contributed by atoms with E-state index < -0.39 is 0 Å². The largest absolute Gasteiger partial charge is 0.361 e. The fourth-order valence-corrected chi connectivity index (χ4v) is 4.05. The molecule has 0 bridgehead atoms. The molecular formula is C16H21N3OS. The summed E-state index contributed by atoms with van der Waals surface area (Å²) in [5.74, 6) is 0.848. The second-order valence-corrected chi connectivity index (χ2v) is 6.77. The van der Waals surface area contributed by atoms with Crippen molar-refractivity contribution >= 4 is 28.6 Å². The monoisotopic (exact) mass is 303 g/mol. The third-order valence-electron chi connectivity index (χ3n) is 3.86. The molecular weight excluding hydrogens is 282 g/mol. The Balaban J connectivity index is 1.81. The molecule has 1 aromatic carbocycles. The minimum absolute atomic E-state index is 0.149. The summed E-state index contributed by atoms with van der Waals surface area (Å²) in [4.78, 5) is 19.7. The number of carbonyl (C=O) groups is 1. The number of benzene rings is 1. The van der Waals surface area contributed by atoms with Crippen molar-refractivity contribution in [3.05, 3.63) is 36.0 Å². The second kappa shape index (κ2) is 6.12. The molecule has 1 aliphatic heterocycles. The fraction of sp³-hybridized carbons (Fsp3) is 0.438. The van der Waals surface area contributed by atoms with E-state index in [0.717, 1.165) is 25.0 Å². The highest BCUT2D eigenvalue weighted by Crippen LogP contribution is 2.41. The van der Waals surface area contributed by atoms with Gasteiger partial charge in [-0.1, -0.05) is 18.2 Å². The fourth-order valence-electron chi connectivity index (χ4n) is 2.81. The average molecular weight is 303 g/mol. The molecule has 0 saturated carbocycles. The van der Waals surface area contributed by atoms with Gasteiger partial charge in [0.15, 0.2) is 0 Å². The van der Waals surface area contributed by atoms with Crippen LogP contribution in [0.2, 0.25) is 0 Å². The summed E-state index contributed by atoms with van der Waals surface area (Å²) in [6.45, 7) is 1.84. The van der Waals surface area contributed by atoms with Crippen LogP contribution < -0.4 is 0 Å². The van der Waals surface area contributed by atoms with Crippen LogP contribution in [0.3, 0.4) is 0 Å². The van der Waals surface area contributed by atoms with E-state index in [1.54, 1.807) is 11.8 Å². The van der Waals surface area contributed by atoms with Gasteiger partial charge in [0, 0.05) is 29.2 Å². The summed E-state index contributed by atoms with van der Waals surface area (Å²) in [5.41, 5.74) is 2.37. The smallest absolute Gasteiger partial charge is 0.233 e. The highest BCUT2D eigenvalue weighted by Gasteiger charge is 2.33. The number of H-pyrrole nitrogens is 1. The Morgan fingerprint density at radius 1 is 1.38 bits per heavy atom. The van der Waals surface area contributed by atoms with Crippen molar-refractivity contribution in [3.63, 3.8) is 0 Å². The number of aromatic amines is 1. The van der Waals surface area contributed by atoms with Crippen LogP contribution in [0.1, 0.15) is 17.4 Å². The van der Waals surface area contributed by atoms with Gasteiger partial charge in [0.1, 0.15) is 5.37 Å². The summed E-state index contributed by atoms with van der Waals surface area (Å²) in [5, 5.41) is 1.37. The number of hydrogen-bond donors (Lipinski definition) is 1. The maximum absolute atomic E-state index is 12.2. The number of carbonyl (C=O) groups excluding carboxylic acids is 1. The highest BCUT2D eigenvalue weighted by molar-refractivity contribution is 8.00. The van der Waals surface area contributed by atoms with Crippen LogP contribution in [0.15, 0.2) is 30.5 Å². The molecule has 1 fully saturated rings. The first-order chi connectivity index (χ1) is 10.2. The normalized spacial score (nSPS) is 19.1. The van der Waals surface area contributed by atoms with Gasteiger partial charge in [-0.15, -0.1) is 11.8 Å². The van der Waals surface area contributed by atoms with Gasteiger partial charge in [-0.3, -0.25) is 4.79 Å². The molecule has 1 aliphatic rings. The Bertz CT molecular complexity index is 637. The van der Waals surface area contributed by atoms with Gasteiger partial charge < -0.3 is 14.8 Å². The third kappa shape index (κ3) is 2.94. The van der Waals surface area contributed by atoms with Crippen LogP contribution in [-0.4, -0.2) is 53.6 Å². The third-order valence-corrected chi connectivity index (χ3v) is 5.10. The number of para-hydroxylation sites is 1.